The number of para-hydroxylation sites is 4. The van der Waals surface area contributed by atoms with Gasteiger partial charge in [0.25, 0.3) is 0 Å². The normalized spacial score (nSPS) is 15.7. The minimum Gasteiger partial charge on any atom is -0.551 e. The van der Waals surface area contributed by atoms with Gasteiger partial charge in [0.2, 0.25) is 0 Å². The Morgan fingerprint density at radius 3 is 2.18 bits per heavy atom. The Kier molecular flexibility index (Phi) is 4.36. The van der Waals surface area contributed by atoms with Gasteiger partial charge in [-0.2, -0.15) is 0 Å². The first-order valence-electron chi connectivity index (χ1n) is 12.3. The fraction of sp³-hybridized carbons (Fsp3) is 0.200. The van der Waals surface area contributed by atoms with Crippen LogP contribution in [0.5, 0.6) is 5.75 Å². The zero-order valence-corrected chi connectivity index (χ0v) is 18.7. The van der Waals surface area contributed by atoms with Crippen molar-refractivity contribution in [1.29, 1.82) is 0 Å². The van der Waals surface area contributed by atoms with Crippen LogP contribution in [0.3, 0.4) is 0 Å². The molecule has 7 rings (SSSR count). The maximum atomic E-state index is 6.66. The largest absolute Gasteiger partial charge is 0.551 e. The van der Waals surface area contributed by atoms with Crippen molar-refractivity contribution < 1.29 is 4.65 Å². The summed E-state index contributed by atoms with van der Waals surface area (Å²) in [6, 6.07) is 32.7. The molecule has 1 fully saturated rings. The van der Waals surface area contributed by atoms with Crippen LogP contribution in [0.2, 0.25) is 0 Å². The third-order valence-electron chi connectivity index (χ3n) is 7.66. The lowest BCUT2D eigenvalue weighted by Gasteiger charge is -2.28. The van der Waals surface area contributed by atoms with E-state index in [1.165, 1.54) is 76.1 Å². The third-order valence-corrected chi connectivity index (χ3v) is 7.66. The van der Waals surface area contributed by atoms with Crippen LogP contribution in [0.1, 0.15) is 43.6 Å². The maximum absolute atomic E-state index is 6.66. The van der Waals surface area contributed by atoms with Crippen LogP contribution in [0.15, 0.2) is 91.0 Å². The van der Waals surface area contributed by atoms with E-state index in [-0.39, 0.29) is 6.92 Å². The van der Waals surface area contributed by atoms with Gasteiger partial charge < -0.3 is 9.22 Å². The molecule has 0 amide bonds. The van der Waals surface area contributed by atoms with E-state index in [9.17, 15) is 0 Å². The van der Waals surface area contributed by atoms with Crippen LogP contribution in [-0.4, -0.2) is 11.5 Å². The molecule has 0 spiro atoms. The van der Waals surface area contributed by atoms with Crippen LogP contribution in [-0.2, 0) is 0 Å². The van der Waals surface area contributed by atoms with Crippen molar-refractivity contribution in [3.8, 4) is 11.4 Å². The van der Waals surface area contributed by atoms with Crippen molar-refractivity contribution in [2.75, 3.05) is 0 Å². The topological polar surface area (TPSA) is 14.2 Å². The van der Waals surface area contributed by atoms with Crippen molar-refractivity contribution in [2.24, 2.45) is 0 Å². The van der Waals surface area contributed by atoms with Crippen LogP contribution >= 0.6 is 0 Å². The summed E-state index contributed by atoms with van der Waals surface area (Å²) in [5.74, 6) is 1.55. The van der Waals surface area contributed by atoms with Crippen molar-refractivity contribution in [3.63, 3.8) is 0 Å². The quantitative estimate of drug-likeness (QED) is 0.307. The Labute approximate surface area is 194 Å². The molecule has 160 valence electrons. The second-order valence-corrected chi connectivity index (χ2v) is 9.53. The molecular formula is C30H26BNO. The lowest BCUT2D eigenvalue weighted by molar-refractivity contribution is 0.445. The molecule has 0 saturated heterocycles. The zero-order valence-electron chi connectivity index (χ0n) is 18.7. The van der Waals surface area contributed by atoms with Crippen LogP contribution < -0.4 is 15.6 Å². The van der Waals surface area contributed by atoms with Gasteiger partial charge in [-0.3, -0.25) is 0 Å². The lowest BCUT2D eigenvalue weighted by atomic mass is 9.53. The van der Waals surface area contributed by atoms with Gasteiger partial charge >= 0.3 is 6.92 Å². The molecule has 2 aliphatic rings. The Balaban J connectivity index is 1.54. The van der Waals surface area contributed by atoms with Gasteiger partial charge in [0.05, 0.1) is 16.8 Å². The molecule has 5 aromatic rings. The van der Waals surface area contributed by atoms with Crippen LogP contribution in [0.4, 0.5) is 0 Å². The summed E-state index contributed by atoms with van der Waals surface area (Å²) in [4.78, 5) is 0. The highest BCUT2D eigenvalue weighted by Gasteiger charge is 2.36. The smallest absolute Gasteiger partial charge is 0.430 e. The molecule has 2 nitrogen and oxygen atoms in total. The number of aromatic nitrogens is 1. The Hall–Kier alpha value is -3.46. The molecule has 4 aromatic carbocycles. The monoisotopic (exact) mass is 427 g/mol. The standard InChI is InChI=1S/C30H26BNO/c1-3-11-21(12-4-1)23-15-9-16-24-25-17-10-19-27-30(25)32(29(23)24)28-20-8-7-18-26(28)31(27)33-22-13-5-2-6-14-22/h2,5-10,13-21H,1,3-4,11-12H2. The molecular weight excluding hydrogens is 401 g/mol. The highest BCUT2D eigenvalue weighted by atomic mass is 16.4. The fourth-order valence-corrected chi connectivity index (χ4v) is 6.21. The first-order valence-corrected chi connectivity index (χ1v) is 12.3. The second kappa shape index (κ2) is 7.55. The molecule has 0 radical (unpaired) electrons. The Bertz CT molecular complexity index is 1480. The summed E-state index contributed by atoms with van der Waals surface area (Å²) in [6.45, 7) is -0.123. The summed E-state index contributed by atoms with van der Waals surface area (Å²) in [5.41, 5.74) is 7.96. The minimum absolute atomic E-state index is 0.123. The highest BCUT2D eigenvalue weighted by molar-refractivity contribution is 6.84. The number of nitrogens with zero attached hydrogens (tertiary/aromatic N) is 1. The molecule has 1 aliphatic carbocycles. The predicted octanol–water partition coefficient (Wildman–Crippen LogP) is 6.33. The van der Waals surface area contributed by atoms with Gasteiger partial charge in [-0.05, 0) is 53.4 Å². The van der Waals surface area contributed by atoms with E-state index in [1.54, 1.807) is 0 Å². The number of hydrogen-bond donors (Lipinski definition) is 0. The number of rotatable bonds is 3. The minimum atomic E-state index is -0.123. The molecule has 0 N–H and O–H groups in total. The zero-order chi connectivity index (χ0) is 21.8. The van der Waals surface area contributed by atoms with Gasteiger partial charge in [-0.1, -0.05) is 92.1 Å². The van der Waals surface area contributed by atoms with E-state index < -0.39 is 0 Å². The molecule has 0 unspecified atom stereocenters. The predicted molar refractivity (Wildman–Crippen MR) is 139 cm³/mol. The fourth-order valence-electron chi connectivity index (χ4n) is 6.21. The van der Waals surface area contributed by atoms with Gasteiger partial charge in [0.1, 0.15) is 0 Å². The second-order valence-electron chi connectivity index (χ2n) is 9.53. The first kappa shape index (κ1) is 19.1. The SMILES string of the molecule is c1ccc(OB2c3ccccc3-n3c4c2cccc4c2cccc(C4CCCCC4)c23)cc1. The molecule has 0 bridgehead atoms. The molecule has 1 aliphatic heterocycles. The first-order chi connectivity index (χ1) is 16.4. The maximum Gasteiger partial charge on any atom is 0.430 e. The summed E-state index contributed by atoms with van der Waals surface area (Å²) in [5, 5.41) is 2.70. The van der Waals surface area contributed by atoms with Gasteiger partial charge in [-0.25, -0.2) is 0 Å². The van der Waals surface area contributed by atoms with Crippen LogP contribution in [0.25, 0.3) is 27.5 Å². The average molecular weight is 427 g/mol. The summed E-state index contributed by atoms with van der Waals surface area (Å²) >= 11 is 0. The van der Waals surface area contributed by atoms with Crippen molar-refractivity contribution in [2.45, 2.75) is 38.0 Å². The molecule has 3 heteroatoms. The Morgan fingerprint density at radius 2 is 1.33 bits per heavy atom. The van der Waals surface area contributed by atoms with E-state index in [0.717, 1.165) is 5.75 Å². The van der Waals surface area contributed by atoms with Crippen molar-refractivity contribution in [3.05, 3.63) is 96.6 Å². The summed E-state index contributed by atoms with van der Waals surface area (Å²) in [6.07, 6.45) is 6.66. The molecule has 1 aromatic heterocycles. The number of benzene rings is 4. The molecule has 2 heterocycles. The summed E-state index contributed by atoms with van der Waals surface area (Å²) in [7, 11) is 0. The average Bonchev–Trinajstić information content (AvgIpc) is 3.23. The third kappa shape index (κ3) is 2.88. The highest BCUT2D eigenvalue weighted by Crippen LogP contribution is 2.41. The van der Waals surface area contributed by atoms with Crippen molar-refractivity contribution in [1.82, 2.24) is 4.57 Å². The van der Waals surface area contributed by atoms with Gasteiger partial charge in [0.15, 0.2) is 0 Å². The molecule has 0 atom stereocenters. The van der Waals surface area contributed by atoms with E-state index in [1.807, 2.05) is 30.3 Å². The van der Waals surface area contributed by atoms with E-state index in [2.05, 4.69) is 65.2 Å². The summed E-state index contributed by atoms with van der Waals surface area (Å²) < 4.78 is 9.20. The van der Waals surface area contributed by atoms with E-state index in [4.69, 9.17) is 4.65 Å². The van der Waals surface area contributed by atoms with Crippen LogP contribution in [0, 0.1) is 0 Å². The molecule has 1 saturated carbocycles. The lowest BCUT2D eigenvalue weighted by Crippen LogP contribution is -2.52. The van der Waals surface area contributed by atoms with Gasteiger partial charge in [0, 0.05) is 16.5 Å². The number of hydrogen-bond acceptors (Lipinski definition) is 1. The van der Waals surface area contributed by atoms with E-state index in [0.29, 0.717) is 5.92 Å². The van der Waals surface area contributed by atoms with E-state index >= 15 is 0 Å². The Morgan fingerprint density at radius 1 is 0.636 bits per heavy atom. The van der Waals surface area contributed by atoms with Crippen molar-refractivity contribution >= 4 is 39.6 Å². The van der Waals surface area contributed by atoms with Gasteiger partial charge in [-0.15, -0.1) is 0 Å². The number of fused-ring (bicyclic) bond motifs is 5. The molecule has 33 heavy (non-hydrogen) atoms.